The van der Waals surface area contributed by atoms with Gasteiger partial charge in [0, 0.05) is 6.04 Å². The van der Waals surface area contributed by atoms with Gasteiger partial charge in [0.2, 0.25) is 0 Å². The first-order valence-corrected chi connectivity index (χ1v) is 5.68. The van der Waals surface area contributed by atoms with Gasteiger partial charge in [-0.05, 0) is 37.8 Å². The van der Waals surface area contributed by atoms with E-state index < -0.39 is 0 Å². The van der Waals surface area contributed by atoms with Crippen LogP contribution in [0.4, 0.5) is 10.1 Å². The van der Waals surface area contributed by atoms with Crippen molar-refractivity contribution in [3.05, 3.63) is 29.6 Å². The van der Waals surface area contributed by atoms with Crippen LogP contribution in [0, 0.1) is 18.7 Å². The highest BCUT2D eigenvalue weighted by atomic mass is 19.1. The first-order valence-electron chi connectivity index (χ1n) is 5.68. The monoisotopic (exact) mass is 207 g/mol. The third-order valence-electron chi connectivity index (χ3n) is 2.98. The van der Waals surface area contributed by atoms with E-state index in [9.17, 15) is 4.39 Å². The smallest absolute Gasteiger partial charge is 0.149 e. The van der Waals surface area contributed by atoms with Crippen molar-refractivity contribution < 1.29 is 4.39 Å². The normalized spacial score (nSPS) is 17.5. The van der Waals surface area contributed by atoms with Crippen molar-refractivity contribution in [3.63, 3.8) is 0 Å². The van der Waals surface area contributed by atoms with Gasteiger partial charge in [0.1, 0.15) is 5.82 Å². The maximum absolute atomic E-state index is 13.7. The van der Waals surface area contributed by atoms with Gasteiger partial charge >= 0.3 is 0 Å². The van der Waals surface area contributed by atoms with Crippen LogP contribution < -0.4 is 5.32 Å². The van der Waals surface area contributed by atoms with Gasteiger partial charge in [0.05, 0.1) is 5.69 Å². The molecule has 0 aromatic heterocycles. The Balaban J connectivity index is 1.99. The van der Waals surface area contributed by atoms with Crippen LogP contribution in [0.5, 0.6) is 0 Å². The molecule has 1 fully saturated rings. The molecule has 15 heavy (non-hydrogen) atoms. The van der Waals surface area contributed by atoms with E-state index in [1.54, 1.807) is 13.0 Å². The molecule has 0 spiro atoms. The van der Waals surface area contributed by atoms with E-state index in [4.69, 9.17) is 0 Å². The van der Waals surface area contributed by atoms with Gasteiger partial charge in [-0.3, -0.25) is 0 Å². The fourth-order valence-corrected chi connectivity index (χ4v) is 1.94. The first-order chi connectivity index (χ1) is 7.16. The highest BCUT2D eigenvalue weighted by Crippen LogP contribution is 2.34. The number of halogens is 1. The lowest BCUT2D eigenvalue weighted by Gasteiger charge is -2.16. The topological polar surface area (TPSA) is 12.0 Å². The summed E-state index contributed by atoms with van der Waals surface area (Å²) in [5, 5.41) is 3.25. The average Bonchev–Trinajstić information content (AvgIpc) is 2.97. The van der Waals surface area contributed by atoms with Gasteiger partial charge < -0.3 is 5.32 Å². The molecule has 1 atom stereocenters. The maximum Gasteiger partial charge on any atom is 0.149 e. The Morgan fingerprint density at radius 2 is 2.20 bits per heavy atom. The summed E-state index contributed by atoms with van der Waals surface area (Å²) in [6, 6.07) is 5.87. The molecule has 1 aromatic carbocycles. The van der Waals surface area contributed by atoms with Crippen LogP contribution in [0.3, 0.4) is 0 Å². The van der Waals surface area contributed by atoms with Crippen LogP contribution in [0.2, 0.25) is 0 Å². The highest BCUT2D eigenvalue weighted by Gasteiger charge is 2.23. The van der Waals surface area contributed by atoms with Crippen LogP contribution in [0.1, 0.15) is 31.7 Å². The fraction of sp³-hybridized carbons (Fsp3) is 0.538. The molecule has 2 rings (SSSR count). The third-order valence-corrected chi connectivity index (χ3v) is 2.98. The summed E-state index contributed by atoms with van der Waals surface area (Å²) in [4.78, 5) is 0. The van der Waals surface area contributed by atoms with Crippen LogP contribution in [0.25, 0.3) is 0 Å². The van der Waals surface area contributed by atoms with Gasteiger partial charge in [-0.15, -0.1) is 0 Å². The molecule has 0 saturated heterocycles. The van der Waals surface area contributed by atoms with Crippen molar-refractivity contribution in [1.82, 2.24) is 0 Å². The number of benzene rings is 1. The molecule has 82 valence electrons. The minimum Gasteiger partial charge on any atom is -0.380 e. The van der Waals surface area contributed by atoms with Crippen LogP contribution in [0.15, 0.2) is 18.2 Å². The van der Waals surface area contributed by atoms with E-state index in [-0.39, 0.29) is 5.82 Å². The zero-order valence-electron chi connectivity index (χ0n) is 9.39. The summed E-state index contributed by atoms with van der Waals surface area (Å²) < 4.78 is 13.7. The van der Waals surface area contributed by atoms with Crippen molar-refractivity contribution in [3.8, 4) is 0 Å². The summed E-state index contributed by atoms with van der Waals surface area (Å²) in [5.74, 6) is 0.764. The first kappa shape index (κ1) is 10.5. The minimum absolute atomic E-state index is 0.111. The molecule has 0 radical (unpaired) electrons. The minimum atomic E-state index is -0.111. The van der Waals surface area contributed by atoms with Crippen LogP contribution in [-0.4, -0.2) is 6.04 Å². The fourth-order valence-electron chi connectivity index (χ4n) is 1.94. The molecule has 1 N–H and O–H groups in total. The van der Waals surface area contributed by atoms with Gasteiger partial charge in [-0.1, -0.05) is 25.0 Å². The second-order valence-electron chi connectivity index (χ2n) is 4.66. The second-order valence-corrected chi connectivity index (χ2v) is 4.66. The van der Waals surface area contributed by atoms with E-state index in [1.807, 2.05) is 12.1 Å². The van der Waals surface area contributed by atoms with Crippen molar-refractivity contribution in [2.75, 3.05) is 5.32 Å². The average molecular weight is 207 g/mol. The quantitative estimate of drug-likeness (QED) is 0.793. The molecule has 1 aliphatic rings. The standard InChI is InChI=1S/C13H18FN/c1-9-4-3-5-12(13(9)14)15-10(2)8-11-6-7-11/h3-5,10-11,15H,6-8H2,1-2H3. The molecule has 0 aliphatic heterocycles. The van der Waals surface area contributed by atoms with Crippen molar-refractivity contribution in [2.24, 2.45) is 5.92 Å². The molecular formula is C13H18FN. The lowest BCUT2D eigenvalue weighted by Crippen LogP contribution is -2.16. The molecule has 1 aromatic rings. The molecule has 1 aliphatic carbocycles. The Kier molecular flexibility index (Phi) is 2.94. The largest absolute Gasteiger partial charge is 0.380 e. The van der Waals surface area contributed by atoms with Gasteiger partial charge in [-0.25, -0.2) is 4.39 Å². The SMILES string of the molecule is Cc1cccc(NC(C)CC2CC2)c1F. The Labute approximate surface area is 90.7 Å². The lowest BCUT2D eigenvalue weighted by atomic mass is 10.1. The number of rotatable bonds is 4. The maximum atomic E-state index is 13.7. The molecule has 0 amide bonds. The number of aryl methyl sites for hydroxylation is 1. The molecule has 0 heterocycles. The summed E-state index contributed by atoms with van der Waals surface area (Å²) in [6.45, 7) is 3.92. The predicted molar refractivity (Wildman–Crippen MR) is 61.6 cm³/mol. The van der Waals surface area contributed by atoms with Crippen LogP contribution >= 0.6 is 0 Å². The molecule has 2 heteroatoms. The third kappa shape index (κ3) is 2.71. The second kappa shape index (κ2) is 4.21. The van der Waals surface area contributed by atoms with E-state index >= 15 is 0 Å². The summed E-state index contributed by atoms with van der Waals surface area (Å²) in [6.07, 6.45) is 3.86. The van der Waals surface area contributed by atoms with E-state index in [2.05, 4.69) is 12.2 Å². The van der Waals surface area contributed by atoms with Crippen molar-refractivity contribution in [1.29, 1.82) is 0 Å². The predicted octanol–water partition coefficient (Wildman–Crippen LogP) is 3.73. The zero-order valence-corrected chi connectivity index (χ0v) is 9.39. The van der Waals surface area contributed by atoms with Gasteiger partial charge in [-0.2, -0.15) is 0 Å². The van der Waals surface area contributed by atoms with Gasteiger partial charge in [0.15, 0.2) is 0 Å². The molecular weight excluding hydrogens is 189 g/mol. The molecule has 1 nitrogen and oxygen atoms in total. The summed E-state index contributed by atoms with van der Waals surface area (Å²) >= 11 is 0. The van der Waals surface area contributed by atoms with E-state index in [0.717, 1.165) is 12.3 Å². The molecule has 1 saturated carbocycles. The highest BCUT2D eigenvalue weighted by molar-refractivity contribution is 5.48. The summed E-state index contributed by atoms with van der Waals surface area (Å²) in [7, 11) is 0. The van der Waals surface area contributed by atoms with Crippen LogP contribution in [-0.2, 0) is 0 Å². The number of hydrogen-bond donors (Lipinski definition) is 1. The van der Waals surface area contributed by atoms with E-state index in [1.165, 1.54) is 12.8 Å². The Morgan fingerprint density at radius 3 is 2.87 bits per heavy atom. The van der Waals surface area contributed by atoms with Gasteiger partial charge in [0.25, 0.3) is 0 Å². The number of nitrogens with one attached hydrogen (secondary N) is 1. The number of anilines is 1. The Morgan fingerprint density at radius 1 is 1.47 bits per heavy atom. The number of hydrogen-bond acceptors (Lipinski definition) is 1. The van der Waals surface area contributed by atoms with E-state index in [0.29, 0.717) is 17.3 Å². The van der Waals surface area contributed by atoms with Crippen molar-refractivity contribution in [2.45, 2.75) is 39.2 Å². The zero-order chi connectivity index (χ0) is 10.8. The Bertz CT molecular complexity index is 344. The molecule has 1 unspecified atom stereocenters. The van der Waals surface area contributed by atoms with Crippen molar-refractivity contribution >= 4 is 5.69 Å². The Hall–Kier alpha value is -1.05. The molecule has 0 bridgehead atoms. The summed E-state index contributed by atoms with van der Waals surface area (Å²) in [5.41, 5.74) is 1.35. The lowest BCUT2D eigenvalue weighted by molar-refractivity contribution is 0.604.